The Morgan fingerprint density at radius 1 is 1.23 bits per heavy atom. The molecule has 0 spiro atoms. The van der Waals surface area contributed by atoms with Gasteiger partial charge in [0.25, 0.3) is 5.91 Å². The van der Waals surface area contributed by atoms with Gasteiger partial charge in [-0.05, 0) is 31.2 Å². The van der Waals surface area contributed by atoms with E-state index in [-0.39, 0.29) is 18.6 Å². The van der Waals surface area contributed by atoms with E-state index in [9.17, 15) is 18.0 Å². The maximum Gasteiger partial charge on any atom is 0.574 e. The Labute approximate surface area is 177 Å². The van der Waals surface area contributed by atoms with Crippen molar-refractivity contribution in [3.8, 4) is 22.9 Å². The fourth-order valence-electron chi connectivity index (χ4n) is 3.68. The number of benzene rings is 1. The zero-order valence-corrected chi connectivity index (χ0v) is 16.9. The van der Waals surface area contributed by atoms with Crippen LogP contribution in [0.4, 0.5) is 18.9 Å². The van der Waals surface area contributed by atoms with E-state index < -0.39 is 12.2 Å². The standard InChI is InChI=1S/C21H22F3N3O4/c1-14-12-29-10-9-26(14)7-8-27-17-11-15(5-6-18(17)30-13-20(27)28)16-3-2-4-19(25-16)31-21(22,23)24/h2-6,11,14H,7-10,12-13H2,1H3. The Hall–Kier alpha value is -2.85. The molecule has 3 heterocycles. The van der Waals surface area contributed by atoms with Gasteiger partial charge in [0.2, 0.25) is 5.88 Å². The van der Waals surface area contributed by atoms with E-state index in [4.69, 9.17) is 9.47 Å². The molecule has 1 unspecified atom stereocenters. The molecule has 2 aliphatic rings. The van der Waals surface area contributed by atoms with Gasteiger partial charge in [-0.3, -0.25) is 9.69 Å². The third kappa shape index (κ3) is 5.08. The molecule has 4 rings (SSSR count). The first-order chi connectivity index (χ1) is 14.8. The number of carbonyl (C=O) groups is 1. The number of carbonyl (C=O) groups excluding carboxylic acids is 1. The first kappa shape index (κ1) is 21.4. The van der Waals surface area contributed by atoms with Gasteiger partial charge in [-0.1, -0.05) is 6.07 Å². The number of hydrogen-bond donors (Lipinski definition) is 0. The lowest BCUT2D eigenvalue weighted by Crippen LogP contribution is -2.49. The van der Waals surface area contributed by atoms with Crippen molar-refractivity contribution >= 4 is 11.6 Å². The van der Waals surface area contributed by atoms with E-state index in [1.807, 2.05) is 0 Å². The molecule has 0 N–H and O–H groups in total. The van der Waals surface area contributed by atoms with Gasteiger partial charge >= 0.3 is 6.36 Å². The Morgan fingerprint density at radius 3 is 2.84 bits per heavy atom. The highest BCUT2D eigenvalue weighted by atomic mass is 19.4. The van der Waals surface area contributed by atoms with Gasteiger partial charge in [0.1, 0.15) is 5.75 Å². The molecule has 2 aromatic rings. The fourth-order valence-corrected chi connectivity index (χ4v) is 3.68. The third-order valence-electron chi connectivity index (χ3n) is 5.26. The van der Waals surface area contributed by atoms with Crippen LogP contribution < -0.4 is 14.4 Å². The molecule has 0 radical (unpaired) electrons. The molecular formula is C21H22F3N3O4. The van der Waals surface area contributed by atoms with Gasteiger partial charge in [0.15, 0.2) is 6.61 Å². The van der Waals surface area contributed by atoms with Crippen molar-refractivity contribution in [2.45, 2.75) is 19.3 Å². The summed E-state index contributed by atoms with van der Waals surface area (Å²) in [5, 5.41) is 0. The second-order valence-corrected chi connectivity index (χ2v) is 7.39. The molecule has 1 aromatic carbocycles. The fraction of sp³-hybridized carbons (Fsp3) is 0.429. The van der Waals surface area contributed by atoms with Crippen LogP contribution in [0, 0.1) is 0 Å². The highest BCUT2D eigenvalue weighted by Gasteiger charge is 2.32. The molecule has 2 aliphatic heterocycles. The quantitative estimate of drug-likeness (QED) is 0.717. The Morgan fingerprint density at radius 2 is 2.06 bits per heavy atom. The average molecular weight is 437 g/mol. The van der Waals surface area contributed by atoms with Crippen molar-refractivity contribution in [1.82, 2.24) is 9.88 Å². The van der Waals surface area contributed by atoms with Crippen LogP contribution in [-0.4, -0.2) is 67.7 Å². The average Bonchev–Trinajstić information content (AvgIpc) is 2.73. The monoisotopic (exact) mass is 437 g/mol. The van der Waals surface area contributed by atoms with E-state index in [2.05, 4.69) is 21.5 Å². The normalized spacial score (nSPS) is 19.7. The molecule has 166 valence electrons. The van der Waals surface area contributed by atoms with E-state index in [0.29, 0.717) is 49.0 Å². The number of rotatable bonds is 5. The van der Waals surface area contributed by atoms with Crippen LogP contribution in [0.1, 0.15) is 6.92 Å². The summed E-state index contributed by atoms with van der Waals surface area (Å²) >= 11 is 0. The summed E-state index contributed by atoms with van der Waals surface area (Å²) < 4.78 is 52.5. The SMILES string of the molecule is CC1COCCN1CCN1C(=O)COc2ccc(-c3cccc(OC(F)(F)F)n3)cc21. The largest absolute Gasteiger partial charge is 0.574 e. The smallest absolute Gasteiger partial charge is 0.482 e. The summed E-state index contributed by atoms with van der Waals surface area (Å²) in [5.74, 6) is -0.179. The molecule has 1 amide bonds. The number of nitrogens with zero attached hydrogens (tertiary/aromatic N) is 3. The summed E-state index contributed by atoms with van der Waals surface area (Å²) in [6, 6.07) is 9.50. The summed E-state index contributed by atoms with van der Waals surface area (Å²) in [7, 11) is 0. The molecule has 31 heavy (non-hydrogen) atoms. The van der Waals surface area contributed by atoms with Gasteiger partial charge in [0.05, 0.1) is 24.6 Å². The van der Waals surface area contributed by atoms with Crippen molar-refractivity contribution in [3.63, 3.8) is 0 Å². The van der Waals surface area contributed by atoms with E-state index >= 15 is 0 Å². The topological polar surface area (TPSA) is 64.1 Å². The molecule has 10 heteroatoms. The summed E-state index contributed by atoms with van der Waals surface area (Å²) in [6.07, 6.45) is -4.82. The van der Waals surface area contributed by atoms with Crippen LogP contribution in [0.3, 0.4) is 0 Å². The summed E-state index contributed by atoms with van der Waals surface area (Å²) in [5.41, 5.74) is 1.41. The number of alkyl halides is 3. The Balaban J connectivity index is 1.57. The number of anilines is 1. The predicted octanol–water partition coefficient (Wildman–Crippen LogP) is 3.09. The Kier molecular flexibility index (Phi) is 6.01. The minimum Gasteiger partial charge on any atom is -0.482 e. The van der Waals surface area contributed by atoms with Crippen LogP contribution >= 0.6 is 0 Å². The third-order valence-corrected chi connectivity index (χ3v) is 5.26. The summed E-state index contributed by atoms with van der Waals surface area (Å²) in [6.45, 7) is 5.26. The van der Waals surface area contributed by atoms with Crippen LogP contribution in [0.25, 0.3) is 11.3 Å². The molecule has 1 atom stereocenters. The number of fused-ring (bicyclic) bond motifs is 1. The number of morpholine rings is 1. The van der Waals surface area contributed by atoms with Crippen LogP contribution in [0.15, 0.2) is 36.4 Å². The van der Waals surface area contributed by atoms with Gasteiger partial charge < -0.3 is 19.1 Å². The first-order valence-electron chi connectivity index (χ1n) is 9.92. The van der Waals surface area contributed by atoms with Crippen molar-refractivity contribution in [3.05, 3.63) is 36.4 Å². The lowest BCUT2D eigenvalue weighted by atomic mass is 10.1. The Bertz CT molecular complexity index is 954. The highest BCUT2D eigenvalue weighted by Crippen LogP contribution is 2.36. The molecule has 1 saturated heterocycles. The number of pyridine rings is 1. The van der Waals surface area contributed by atoms with Crippen molar-refractivity contribution in [2.24, 2.45) is 0 Å². The van der Waals surface area contributed by atoms with Crippen molar-refractivity contribution < 1.29 is 32.2 Å². The molecule has 0 bridgehead atoms. The predicted molar refractivity (Wildman–Crippen MR) is 106 cm³/mol. The van der Waals surface area contributed by atoms with Gasteiger partial charge in [-0.15, -0.1) is 13.2 Å². The zero-order valence-electron chi connectivity index (χ0n) is 16.9. The molecule has 0 saturated carbocycles. The van der Waals surface area contributed by atoms with Gasteiger partial charge in [-0.2, -0.15) is 0 Å². The van der Waals surface area contributed by atoms with E-state index in [1.54, 1.807) is 29.2 Å². The van der Waals surface area contributed by atoms with Gasteiger partial charge in [0, 0.05) is 37.3 Å². The number of amides is 1. The number of hydrogen-bond acceptors (Lipinski definition) is 6. The van der Waals surface area contributed by atoms with E-state index in [0.717, 1.165) is 12.6 Å². The second kappa shape index (κ2) is 8.72. The minimum atomic E-state index is -4.82. The maximum atomic E-state index is 12.6. The maximum absolute atomic E-state index is 12.6. The second-order valence-electron chi connectivity index (χ2n) is 7.39. The van der Waals surface area contributed by atoms with E-state index in [1.165, 1.54) is 6.07 Å². The molecule has 1 aromatic heterocycles. The van der Waals surface area contributed by atoms with Gasteiger partial charge in [-0.25, -0.2) is 4.98 Å². The lowest BCUT2D eigenvalue weighted by molar-refractivity contribution is -0.276. The summed E-state index contributed by atoms with van der Waals surface area (Å²) in [4.78, 5) is 20.4. The zero-order chi connectivity index (χ0) is 22.0. The number of aromatic nitrogens is 1. The van der Waals surface area contributed by atoms with Crippen molar-refractivity contribution in [1.29, 1.82) is 0 Å². The minimum absolute atomic E-state index is 0.0574. The molecular weight excluding hydrogens is 415 g/mol. The van der Waals surface area contributed by atoms with Crippen LogP contribution in [-0.2, 0) is 9.53 Å². The van der Waals surface area contributed by atoms with Crippen LogP contribution in [0.2, 0.25) is 0 Å². The number of ether oxygens (including phenoxy) is 3. The number of halogens is 3. The van der Waals surface area contributed by atoms with Crippen molar-refractivity contribution in [2.75, 3.05) is 44.4 Å². The lowest BCUT2D eigenvalue weighted by Gasteiger charge is -2.36. The first-order valence-corrected chi connectivity index (χ1v) is 9.92. The molecule has 7 nitrogen and oxygen atoms in total. The molecule has 1 fully saturated rings. The highest BCUT2D eigenvalue weighted by molar-refractivity contribution is 5.98. The molecule has 0 aliphatic carbocycles. The van der Waals surface area contributed by atoms with Crippen LogP contribution in [0.5, 0.6) is 11.6 Å².